The van der Waals surface area contributed by atoms with Crippen LogP contribution < -0.4 is 10.1 Å². The third-order valence-electron chi connectivity index (χ3n) is 2.87. The molecular formula is C15H14ClNO4S. The Labute approximate surface area is 133 Å². The van der Waals surface area contributed by atoms with E-state index in [1.54, 1.807) is 24.3 Å². The predicted octanol–water partition coefficient (Wildman–Crippen LogP) is 2.76. The van der Waals surface area contributed by atoms with Gasteiger partial charge in [-0.15, -0.1) is 0 Å². The zero-order valence-electron chi connectivity index (χ0n) is 11.7. The van der Waals surface area contributed by atoms with Crippen molar-refractivity contribution in [3.8, 4) is 5.75 Å². The minimum absolute atomic E-state index is 0.0690. The summed E-state index contributed by atoms with van der Waals surface area (Å²) in [6, 6.07) is 12.3. The van der Waals surface area contributed by atoms with E-state index in [0.29, 0.717) is 16.5 Å². The summed E-state index contributed by atoms with van der Waals surface area (Å²) in [4.78, 5) is 11.9. The summed E-state index contributed by atoms with van der Waals surface area (Å²) >= 11 is 5.74. The lowest BCUT2D eigenvalue weighted by Gasteiger charge is -2.07. The molecule has 0 spiro atoms. The summed E-state index contributed by atoms with van der Waals surface area (Å²) in [5.41, 5.74) is 0.485. The Morgan fingerprint density at radius 3 is 2.23 bits per heavy atom. The first-order valence-corrected chi connectivity index (χ1v) is 8.36. The van der Waals surface area contributed by atoms with Crippen LogP contribution in [-0.4, -0.2) is 27.2 Å². The second kappa shape index (κ2) is 6.81. The van der Waals surface area contributed by atoms with E-state index in [0.717, 1.165) is 0 Å². The van der Waals surface area contributed by atoms with Crippen LogP contribution >= 0.6 is 11.6 Å². The van der Waals surface area contributed by atoms with Gasteiger partial charge in [-0.1, -0.05) is 11.6 Å². The van der Waals surface area contributed by atoms with Gasteiger partial charge in [-0.25, -0.2) is 8.42 Å². The molecule has 2 rings (SSSR count). The van der Waals surface area contributed by atoms with Crippen molar-refractivity contribution < 1.29 is 17.9 Å². The van der Waals surface area contributed by atoms with Gasteiger partial charge in [-0.2, -0.15) is 0 Å². The van der Waals surface area contributed by atoms with Gasteiger partial charge in [0.25, 0.3) is 0 Å². The van der Waals surface area contributed by atoms with Crippen LogP contribution in [0, 0.1) is 0 Å². The van der Waals surface area contributed by atoms with E-state index in [2.05, 4.69) is 5.32 Å². The van der Waals surface area contributed by atoms with Crippen molar-refractivity contribution in [2.75, 3.05) is 18.2 Å². The summed E-state index contributed by atoms with van der Waals surface area (Å²) < 4.78 is 29.3. The summed E-state index contributed by atoms with van der Waals surface area (Å²) in [5.74, 6) is -0.704. The highest BCUT2D eigenvalue weighted by molar-refractivity contribution is 7.92. The highest BCUT2D eigenvalue weighted by Crippen LogP contribution is 2.17. The molecule has 0 radical (unpaired) electrons. The standard InChI is InChI=1S/C15H14ClNO4S/c1-21-13-6-8-14(9-7-13)22(19,20)10-15(18)17-12-4-2-11(16)3-5-12/h2-9H,10H2,1H3,(H,17,18). The van der Waals surface area contributed by atoms with Crippen LogP contribution in [0.2, 0.25) is 5.02 Å². The van der Waals surface area contributed by atoms with Crippen LogP contribution in [0.4, 0.5) is 5.69 Å². The molecule has 116 valence electrons. The van der Waals surface area contributed by atoms with Crippen molar-refractivity contribution in [3.63, 3.8) is 0 Å². The lowest BCUT2D eigenvalue weighted by Crippen LogP contribution is -2.22. The number of benzene rings is 2. The molecule has 0 atom stereocenters. The van der Waals surface area contributed by atoms with Crippen LogP contribution in [0.25, 0.3) is 0 Å². The maximum atomic E-state index is 12.2. The summed E-state index contributed by atoms with van der Waals surface area (Å²) in [7, 11) is -2.22. The zero-order chi connectivity index (χ0) is 16.2. The Hall–Kier alpha value is -2.05. The Kier molecular flexibility index (Phi) is 5.05. The van der Waals surface area contributed by atoms with Gasteiger partial charge in [-0.3, -0.25) is 4.79 Å². The largest absolute Gasteiger partial charge is 0.497 e. The van der Waals surface area contributed by atoms with E-state index < -0.39 is 21.5 Å². The Balaban J connectivity index is 2.07. The number of ether oxygens (including phenoxy) is 1. The van der Waals surface area contributed by atoms with Crippen LogP contribution in [-0.2, 0) is 14.6 Å². The van der Waals surface area contributed by atoms with Crippen molar-refractivity contribution in [1.82, 2.24) is 0 Å². The summed E-state index contributed by atoms with van der Waals surface area (Å²) in [6.45, 7) is 0. The molecule has 0 unspecified atom stereocenters. The van der Waals surface area contributed by atoms with Crippen LogP contribution in [0.3, 0.4) is 0 Å². The number of hydrogen-bond donors (Lipinski definition) is 1. The number of carbonyl (C=O) groups is 1. The average Bonchev–Trinajstić information content (AvgIpc) is 2.49. The smallest absolute Gasteiger partial charge is 0.239 e. The van der Waals surface area contributed by atoms with Gasteiger partial charge in [0.1, 0.15) is 11.5 Å². The minimum Gasteiger partial charge on any atom is -0.497 e. The molecule has 0 aliphatic rings. The third-order valence-corrected chi connectivity index (χ3v) is 4.75. The molecule has 7 heteroatoms. The molecule has 0 aliphatic carbocycles. The molecule has 0 aliphatic heterocycles. The van der Waals surface area contributed by atoms with E-state index in [-0.39, 0.29) is 4.90 Å². The lowest BCUT2D eigenvalue weighted by molar-refractivity contribution is -0.113. The SMILES string of the molecule is COc1ccc(S(=O)(=O)CC(=O)Nc2ccc(Cl)cc2)cc1. The van der Waals surface area contributed by atoms with E-state index in [4.69, 9.17) is 16.3 Å². The molecule has 0 saturated carbocycles. The van der Waals surface area contributed by atoms with Crippen molar-refractivity contribution in [1.29, 1.82) is 0 Å². The highest BCUT2D eigenvalue weighted by atomic mass is 35.5. The fourth-order valence-electron chi connectivity index (χ4n) is 1.77. The maximum Gasteiger partial charge on any atom is 0.239 e. The Morgan fingerprint density at radius 1 is 1.09 bits per heavy atom. The monoisotopic (exact) mass is 339 g/mol. The zero-order valence-corrected chi connectivity index (χ0v) is 13.3. The average molecular weight is 340 g/mol. The Morgan fingerprint density at radius 2 is 1.68 bits per heavy atom. The van der Waals surface area contributed by atoms with E-state index >= 15 is 0 Å². The van der Waals surface area contributed by atoms with Crippen molar-refractivity contribution in [2.24, 2.45) is 0 Å². The van der Waals surface area contributed by atoms with Crippen molar-refractivity contribution in [2.45, 2.75) is 4.90 Å². The normalized spacial score (nSPS) is 11.0. The lowest BCUT2D eigenvalue weighted by atomic mass is 10.3. The molecule has 0 fully saturated rings. The molecular weight excluding hydrogens is 326 g/mol. The van der Waals surface area contributed by atoms with Crippen LogP contribution in [0.1, 0.15) is 0 Å². The van der Waals surface area contributed by atoms with E-state index in [9.17, 15) is 13.2 Å². The van der Waals surface area contributed by atoms with Crippen molar-refractivity contribution in [3.05, 3.63) is 53.6 Å². The number of halogens is 1. The number of methoxy groups -OCH3 is 1. The van der Waals surface area contributed by atoms with Gasteiger partial charge in [0.2, 0.25) is 5.91 Å². The summed E-state index contributed by atoms with van der Waals surface area (Å²) in [5, 5.41) is 3.05. The molecule has 5 nitrogen and oxygen atoms in total. The predicted molar refractivity (Wildman–Crippen MR) is 85.1 cm³/mol. The van der Waals surface area contributed by atoms with Gasteiger partial charge in [0.05, 0.1) is 12.0 Å². The molecule has 1 N–H and O–H groups in total. The molecule has 0 heterocycles. The first-order chi connectivity index (χ1) is 10.4. The van der Waals surface area contributed by atoms with Gasteiger partial charge in [0, 0.05) is 10.7 Å². The number of hydrogen-bond acceptors (Lipinski definition) is 4. The van der Waals surface area contributed by atoms with Gasteiger partial charge >= 0.3 is 0 Å². The quantitative estimate of drug-likeness (QED) is 0.909. The second-order valence-electron chi connectivity index (χ2n) is 4.49. The molecule has 2 aromatic carbocycles. The molecule has 0 aromatic heterocycles. The molecule has 2 aromatic rings. The molecule has 0 saturated heterocycles. The summed E-state index contributed by atoms with van der Waals surface area (Å²) in [6.07, 6.45) is 0. The van der Waals surface area contributed by atoms with E-state index in [1.807, 2.05) is 0 Å². The minimum atomic E-state index is -3.71. The first-order valence-electron chi connectivity index (χ1n) is 6.33. The highest BCUT2D eigenvalue weighted by Gasteiger charge is 2.19. The van der Waals surface area contributed by atoms with Gasteiger partial charge < -0.3 is 10.1 Å². The fourth-order valence-corrected chi connectivity index (χ4v) is 3.03. The van der Waals surface area contributed by atoms with Gasteiger partial charge in [0.15, 0.2) is 9.84 Å². The maximum absolute atomic E-state index is 12.2. The topological polar surface area (TPSA) is 72.5 Å². The number of sulfone groups is 1. The fraction of sp³-hybridized carbons (Fsp3) is 0.133. The molecule has 0 bridgehead atoms. The number of carbonyl (C=O) groups excluding carboxylic acids is 1. The van der Waals surface area contributed by atoms with Crippen LogP contribution in [0.15, 0.2) is 53.4 Å². The van der Waals surface area contributed by atoms with E-state index in [1.165, 1.54) is 31.4 Å². The molecule has 22 heavy (non-hydrogen) atoms. The molecule has 1 amide bonds. The van der Waals surface area contributed by atoms with Crippen molar-refractivity contribution >= 4 is 33.0 Å². The number of anilines is 1. The number of rotatable bonds is 5. The first kappa shape index (κ1) is 16.3. The second-order valence-corrected chi connectivity index (χ2v) is 6.92. The van der Waals surface area contributed by atoms with Gasteiger partial charge in [-0.05, 0) is 48.5 Å². The number of nitrogens with one attached hydrogen (secondary N) is 1. The number of amides is 1. The Bertz CT molecular complexity index is 755. The van der Waals surface area contributed by atoms with Crippen LogP contribution in [0.5, 0.6) is 5.75 Å². The third kappa shape index (κ3) is 4.22.